The fraction of sp³-hybridized carbons (Fsp3) is 0.150. The quantitative estimate of drug-likeness (QED) is 0.600. The van der Waals surface area contributed by atoms with Crippen LogP contribution in [-0.2, 0) is 11.2 Å². The number of carbonyl (C=O) groups excluding carboxylic acids is 2. The molecule has 4 N–H and O–H groups in total. The van der Waals surface area contributed by atoms with E-state index in [9.17, 15) is 19.5 Å². The molecule has 2 amide bonds. The Balaban J connectivity index is 1.87. The molecule has 7 nitrogen and oxygen atoms in total. The summed E-state index contributed by atoms with van der Waals surface area (Å²) < 4.78 is 5.49. The predicted octanol–water partition coefficient (Wildman–Crippen LogP) is 0.980. The zero-order valence-electron chi connectivity index (χ0n) is 14.3. The summed E-state index contributed by atoms with van der Waals surface area (Å²) in [5.41, 5.74) is 5.89. The van der Waals surface area contributed by atoms with Crippen LogP contribution in [0.4, 0.5) is 0 Å². The molecule has 0 aliphatic carbocycles. The number of carbonyl (C=O) groups is 2. The molecule has 27 heavy (non-hydrogen) atoms. The number of aliphatic hydroxyl groups is 1. The Bertz CT molecular complexity index is 1030. The third kappa shape index (κ3) is 4.21. The Kier molecular flexibility index (Phi) is 5.33. The van der Waals surface area contributed by atoms with E-state index in [0.717, 1.165) is 11.6 Å². The molecule has 3 rings (SSSR count). The number of benzene rings is 2. The number of nitrogens with two attached hydrogens (primary N) is 1. The SMILES string of the molecule is NC(=O)[C@H](O)[C@H](Cc1ccccc1)NC(=O)c1cc(=O)c2ccccc2o1. The number of aliphatic hydroxyl groups excluding tert-OH is 1. The highest BCUT2D eigenvalue weighted by Gasteiger charge is 2.27. The molecule has 0 fully saturated rings. The molecule has 0 aliphatic heterocycles. The van der Waals surface area contributed by atoms with Crippen LogP contribution in [0.5, 0.6) is 0 Å². The number of hydrogen-bond donors (Lipinski definition) is 3. The zero-order chi connectivity index (χ0) is 19.4. The summed E-state index contributed by atoms with van der Waals surface area (Å²) in [7, 11) is 0. The van der Waals surface area contributed by atoms with Gasteiger partial charge < -0.3 is 20.6 Å². The molecule has 0 aliphatic rings. The molecule has 1 aromatic heterocycles. The van der Waals surface area contributed by atoms with Gasteiger partial charge in [0.05, 0.1) is 11.4 Å². The van der Waals surface area contributed by atoms with Crippen molar-refractivity contribution >= 4 is 22.8 Å². The van der Waals surface area contributed by atoms with E-state index in [4.69, 9.17) is 10.2 Å². The van der Waals surface area contributed by atoms with Gasteiger partial charge in [-0.05, 0) is 24.1 Å². The highest BCUT2D eigenvalue weighted by atomic mass is 16.3. The van der Waals surface area contributed by atoms with E-state index in [-0.39, 0.29) is 23.2 Å². The second-order valence-electron chi connectivity index (χ2n) is 6.09. The van der Waals surface area contributed by atoms with E-state index in [2.05, 4.69) is 5.32 Å². The Morgan fingerprint density at radius 1 is 1.07 bits per heavy atom. The van der Waals surface area contributed by atoms with Crippen LogP contribution in [0.15, 0.2) is 69.9 Å². The van der Waals surface area contributed by atoms with Gasteiger partial charge in [-0.25, -0.2) is 0 Å². The van der Waals surface area contributed by atoms with Gasteiger partial charge in [-0.3, -0.25) is 14.4 Å². The highest BCUT2D eigenvalue weighted by Crippen LogP contribution is 2.13. The molecule has 0 bridgehead atoms. The first kappa shape index (κ1) is 18.3. The monoisotopic (exact) mass is 366 g/mol. The van der Waals surface area contributed by atoms with Crippen molar-refractivity contribution in [1.82, 2.24) is 5.32 Å². The van der Waals surface area contributed by atoms with Crippen LogP contribution >= 0.6 is 0 Å². The summed E-state index contributed by atoms with van der Waals surface area (Å²) >= 11 is 0. The molecule has 138 valence electrons. The maximum atomic E-state index is 12.6. The van der Waals surface area contributed by atoms with E-state index in [1.165, 1.54) is 0 Å². The lowest BCUT2D eigenvalue weighted by Gasteiger charge is -2.22. The third-order valence-corrected chi connectivity index (χ3v) is 4.15. The number of para-hydroxylation sites is 1. The summed E-state index contributed by atoms with van der Waals surface area (Å²) in [4.78, 5) is 36.1. The number of amides is 2. The lowest BCUT2D eigenvalue weighted by atomic mass is 10.0. The maximum Gasteiger partial charge on any atom is 0.287 e. The fourth-order valence-corrected chi connectivity index (χ4v) is 2.76. The smallest absolute Gasteiger partial charge is 0.287 e. The van der Waals surface area contributed by atoms with Gasteiger partial charge in [0.1, 0.15) is 5.58 Å². The average molecular weight is 366 g/mol. The standard InChI is InChI=1S/C20H18N2O5/c21-19(25)18(24)14(10-12-6-2-1-3-7-12)22-20(26)17-11-15(23)13-8-4-5-9-16(13)27-17/h1-9,11,14,18,24H,10H2,(H2,21,25)(H,22,26)/t14-,18+/m0/s1. The topological polar surface area (TPSA) is 123 Å². The summed E-state index contributed by atoms with van der Waals surface area (Å²) in [6, 6.07) is 15.7. The van der Waals surface area contributed by atoms with Gasteiger partial charge in [-0.2, -0.15) is 0 Å². The molecular weight excluding hydrogens is 348 g/mol. The van der Waals surface area contributed by atoms with Crippen molar-refractivity contribution in [2.24, 2.45) is 5.73 Å². The molecule has 0 saturated heterocycles. The highest BCUT2D eigenvalue weighted by molar-refractivity contribution is 5.94. The van der Waals surface area contributed by atoms with E-state index >= 15 is 0 Å². The minimum atomic E-state index is -1.60. The normalized spacial score (nSPS) is 13.1. The van der Waals surface area contributed by atoms with Crippen LogP contribution in [0.1, 0.15) is 16.1 Å². The van der Waals surface area contributed by atoms with Crippen molar-refractivity contribution in [2.75, 3.05) is 0 Å². The number of primary amides is 1. The predicted molar refractivity (Wildman–Crippen MR) is 99.1 cm³/mol. The van der Waals surface area contributed by atoms with Crippen molar-refractivity contribution in [3.63, 3.8) is 0 Å². The minimum Gasteiger partial charge on any atom is -0.451 e. The third-order valence-electron chi connectivity index (χ3n) is 4.15. The second-order valence-corrected chi connectivity index (χ2v) is 6.09. The molecule has 0 spiro atoms. The van der Waals surface area contributed by atoms with Crippen LogP contribution in [-0.4, -0.2) is 29.1 Å². The van der Waals surface area contributed by atoms with Crippen LogP contribution in [0.2, 0.25) is 0 Å². The van der Waals surface area contributed by atoms with Gasteiger partial charge in [0.15, 0.2) is 17.3 Å². The van der Waals surface area contributed by atoms with Crippen LogP contribution in [0.3, 0.4) is 0 Å². The molecule has 2 atom stereocenters. The van der Waals surface area contributed by atoms with Crippen molar-refractivity contribution < 1.29 is 19.1 Å². The van der Waals surface area contributed by atoms with Gasteiger partial charge in [-0.1, -0.05) is 42.5 Å². The summed E-state index contributed by atoms with van der Waals surface area (Å²) in [6.45, 7) is 0. The molecule has 0 unspecified atom stereocenters. The largest absolute Gasteiger partial charge is 0.451 e. The lowest BCUT2D eigenvalue weighted by molar-refractivity contribution is -0.127. The van der Waals surface area contributed by atoms with E-state index in [1.54, 1.807) is 48.5 Å². The number of fused-ring (bicyclic) bond motifs is 1. The Labute approximate surface area is 154 Å². The fourth-order valence-electron chi connectivity index (χ4n) is 2.76. The molecule has 0 radical (unpaired) electrons. The maximum absolute atomic E-state index is 12.6. The summed E-state index contributed by atoms with van der Waals surface area (Å²) in [5.74, 6) is -1.90. The molecule has 2 aromatic carbocycles. The van der Waals surface area contributed by atoms with Crippen LogP contribution < -0.4 is 16.5 Å². The first-order chi connectivity index (χ1) is 13.0. The first-order valence-corrected chi connectivity index (χ1v) is 8.31. The molecule has 1 heterocycles. The van der Waals surface area contributed by atoms with Gasteiger partial charge in [-0.15, -0.1) is 0 Å². The van der Waals surface area contributed by atoms with Gasteiger partial charge in [0.25, 0.3) is 5.91 Å². The van der Waals surface area contributed by atoms with Crippen molar-refractivity contribution in [1.29, 1.82) is 0 Å². The minimum absolute atomic E-state index is 0.175. The van der Waals surface area contributed by atoms with Crippen LogP contribution in [0, 0.1) is 0 Å². The number of nitrogens with one attached hydrogen (secondary N) is 1. The summed E-state index contributed by atoms with van der Waals surface area (Å²) in [5, 5.41) is 13.0. The number of hydrogen-bond acceptors (Lipinski definition) is 5. The molecular formula is C20H18N2O5. The zero-order valence-corrected chi connectivity index (χ0v) is 14.3. The van der Waals surface area contributed by atoms with Crippen molar-refractivity contribution in [3.8, 4) is 0 Å². The Morgan fingerprint density at radius 3 is 2.44 bits per heavy atom. The van der Waals surface area contributed by atoms with Crippen molar-refractivity contribution in [2.45, 2.75) is 18.6 Å². The summed E-state index contributed by atoms with van der Waals surface area (Å²) in [6.07, 6.45) is -1.42. The molecule has 3 aromatic rings. The Morgan fingerprint density at radius 2 is 1.74 bits per heavy atom. The molecule has 7 heteroatoms. The van der Waals surface area contributed by atoms with Gasteiger partial charge >= 0.3 is 0 Å². The Hall–Kier alpha value is -3.45. The average Bonchev–Trinajstić information content (AvgIpc) is 2.67. The van der Waals surface area contributed by atoms with Gasteiger partial charge in [0, 0.05) is 6.07 Å². The van der Waals surface area contributed by atoms with Gasteiger partial charge in [0.2, 0.25) is 5.91 Å². The van der Waals surface area contributed by atoms with Crippen LogP contribution in [0.25, 0.3) is 11.0 Å². The molecule has 0 saturated carbocycles. The van der Waals surface area contributed by atoms with E-state index in [1.807, 2.05) is 6.07 Å². The van der Waals surface area contributed by atoms with Crippen molar-refractivity contribution in [3.05, 3.63) is 82.2 Å². The lowest BCUT2D eigenvalue weighted by Crippen LogP contribution is -2.50. The number of rotatable bonds is 6. The first-order valence-electron chi connectivity index (χ1n) is 8.31. The second kappa shape index (κ2) is 7.84. The van der Waals surface area contributed by atoms with E-state index < -0.39 is 24.0 Å². The van der Waals surface area contributed by atoms with E-state index in [0.29, 0.717) is 5.39 Å².